The first-order chi connectivity index (χ1) is 10.5. The van der Waals surface area contributed by atoms with Crippen LogP contribution in [0.5, 0.6) is 5.75 Å². The van der Waals surface area contributed by atoms with Crippen LogP contribution in [0.15, 0.2) is 24.3 Å². The van der Waals surface area contributed by atoms with Crippen molar-refractivity contribution in [2.75, 3.05) is 11.9 Å². The highest BCUT2D eigenvalue weighted by Gasteiger charge is 2.38. The van der Waals surface area contributed by atoms with Gasteiger partial charge in [0.25, 0.3) is 0 Å². The van der Waals surface area contributed by atoms with Gasteiger partial charge < -0.3 is 15.4 Å². The van der Waals surface area contributed by atoms with Gasteiger partial charge in [0.2, 0.25) is 11.8 Å². The lowest BCUT2D eigenvalue weighted by Gasteiger charge is -2.11. The van der Waals surface area contributed by atoms with Crippen LogP contribution >= 0.6 is 0 Å². The smallest absolute Gasteiger partial charge is 0.226 e. The van der Waals surface area contributed by atoms with Crippen molar-refractivity contribution in [3.8, 4) is 5.75 Å². The third-order valence-corrected chi connectivity index (χ3v) is 3.61. The molecule has 0 unspecified atom stereocenters. The molecule has 0 radical (unpaired) electrons. The van der Waals surface area contributed by atoms with Crippen LogP contribution in [0.25, 0.3) is 0 Å². The average Bonchev–Trinajstić information content (AvgIpc) is 3.17. The molecule has 0 bridgehead atoms. The largest absolute Gasteiger partial charge is 0.491 e. The Balaban J connectivity index is 1.69. The summed E-state index contributed by atoms with van der Waals surface area (Å²) in [7, 11) is 0. The number of hydrogen-bond donors (Lipinski definition) is 2. The molecule has 2 rings (SSSR count). The summed E-state index contributed by atoms with van der Waals surface area (Å²) in [4.78, 5) is 23.4. The van der Waals surface area contributed by atoms with E-state index in [1.54, 1.807) is 12.1 Å². The number of anilines is 1. The van der Waals surface area contributed by atoms with Crippen molar-refractivity contribution in [2.24, 2.45) is 11.8 Å². The van der Waals surface area contributed by atoms with Crippen molar-refractivity contribution in [3.63, 3.8) is 0 Å². The van der Waals surface area contributed by atoms with Crippen molar-refractivity contribution in [1.82, 2.24) is 5.32 Å². The molecule has 1 aromatic rings. The topological polar surface area (TPSA) is 67.4 Å². The Labute approximate surface area is 131 Å². The maximum absolute atomic E-state index is 11.8. The number of carbonyl (C=O) groups excluding carboxylic acids is 2. The lowest BCUT2D eigenvalue weighted by atomic mass is 10.2. The highest BCUT2D eigenvalue weighted by molar-refractivity contribution is 5.91. The molecular formula is C17H24N2O3. The number of ether oxygens (including phenoxy) is 1. The van der Waals surface area contributed by atoms with Crippen molar-refractivity contribution in [3.05, 3.63) is 24.3 Å². The van der Waals surface area contributed by atoms with Crippen LogP contribution in [0, 0.1) is 11.8 Å². The fourth-order valence-electron chi connectivity index (χ4n) is 2.23. The molecule has 2 atom stereocenters. The second-order valence-corrected chi connectivity index (χ2v) is 6.10. The molecule has 0 aliphatic heterocycles. The highest BCUT2D eigenvalue weighted by atomic mass is 16.5. The van der Waals surface area contributed by atoms with E-state index in [1.165, 1.54) is 0 Å². The summed E-state index contributed by atoms with van der Waals surface area (Å²) < 4.78 is 5.54. The summed E-state index contributed by atoms with van der Waals surface area (Å²) in [5, 5.41) is 5.61. The van der Waals surface area contributed by atoms with E-state index in [4.69, 9.17) is 4.74 Å². The Morgan fingerprint density at radius 2 is 1.91 bits per heavy atom. The zero-order valence-corrected chi connectivity index (χ0v) is 13.4. The van der Waals surface area contributed by atoms with Crippen LogP contribution in [0.2, 0.25) is 0 Å². The average molecular weight is 304 g/mol. The Hall–Kier alpha value is -2.04. The van der Waals surface area contributed by atoms with E-state index < -0.39 is 0 Å². The van der Waals surface area contributed by atoms with Crippen molar-refractivity contribution in [2.45, 2.75) is 39.7 Å². The van der Waals surface area contributed by atoms with Gasteiger partial charge in [0.05, 0.1) is 6.10 Å². The standard InChI is InChI=1S/C17H24N2O3/c1-11(2)22-14-6-4-13(5-7-14)19-16(20)8-9-18-17(21)15-10-12(15)3/h4-7,11-12,15H,8-10H2,1-3H3,(H,18,21)(H,19,20)/t12-,15+/m0/s1. The molecule has 5 nitrogen and oxygen atoms in total. The third-order valence-electron chi connectivity index (χ3n) is 3.61. The number of benzene rings is 1. The molecule has 120 valence electrons. The fraction of sp³-hybridized carbons (Fsp3) is 0.529. The quantitative estimate of drug-likeness (QED) is 0.813. The van der Waals surface area contributed by atoms with Gasteiger partial charge in [0.1, 0.15) is 5.75 Å². The van der Waals surface area contributed by atoms with Gasteiger partial charge in [-0.05, 0) is 50.5 Å². The molecule has 1 fully saturated rings. The molecule has 0 saturated heterocycles. The van der Waals surface area contributed by atoms with E-state index in [2.05, 4.69) is 17.6 Å². The summed E-state index contributed by atoms with van der Waals surface area (Å²) >= 11 is 0. The van der Waals surface area contributed by atoms with Crippen molar-refractivity contribution in [1.29, 1.82) is 0 Å². The van der Waals surface area contributed by atoms with E-state index in [0.717, 1.165) is 17.9 Å². The number of nitrogens with one attached hydrogen (secondary N) is 2. The fourth-order valence-corrected chi connectivity index (χ4v) is 2.23. The monoisotopic (exact) mass is 304 g/mol. The highest BCUT2D eigenvalue weighted by Crippen LogP contribution is 2.37. The Morgan fingerprint density at radius 3 is 2.45 bits per heavy atom. The van der Waals surface area contributed by atoms with Gasteiger partial charge >= 0.3 is 0 Å². The molecule has 0 spiro atoms. The minimum Gasteiger partial charge on any atom is -0.491 e. The van der Waals surface area contributed by atoms with Gasteiger partial charge in [-0.25, -0.2) is 0 Å². The molecule has 1 aliphatic rings. The van der Waals surface area contributed by atoms with Gasteiger partial charge in [-0.3, -0.25) is 9.59 Å². The van der Waals surface area contributed by atoms with Crippen molar-refractivity contribution >= 4 is 17.5 Å². The summed E-state index contributed by atoms with van der Waals surface area (Å²) in [6.07, 6.45) is 1.36. The molecule has 0 heterocycles. The van der Waals surface area contributed by atoms with Crippen LogP contribution in [0.3, 0.4) is 0 Å². The van der Waals surface area contributed by atoms with E-state index in [0.29, 0.717) is 12.5 Å². The summed E-state index contributed by atoms with van der Waals surface area (Å²) in [6.45, 7) is 6.37. The molecule has 22 heavy (non-hydrogen) atoms. The van der Waals surface area contributed by atoms with Crippen LogP contribution in [0.4, 0.5) is 5.69 Å². The number of amides is 2. The normalized spacial score (nSPS) is 19.6. The molecule has 0 aromatic heterocycles. The molecule has 5 heteroatoms. The zero-order chi connectivity index (χ0) is 16.1. The predicted octanol–water partition coefficient (Wildman–Crippen LogP) is 2.57. The molecule has 1 saturated carbocycles. The predicted molar refractivity (Wildman–Crippen MR) is 85.7 cm³/mol. The molecule has 2 N–H and O–H groups in total. The molecule has 2 amide bonds. The van der Waals surface area contributed by atoms with Gasteiger partial charge in [0, 0.05) is 24.6 Å². The van der Waals surface area contributed by atoms with E-state index in [1.807, 2.05) is 26.0 Å². The van der Waals surface area contributed by atoms with Gasteiger partial charge in [-0.2, -0.15) is 0 Å². The summed E-state index contributed by atoms with van der Waals surface area (Å²) in [5.41, 5.74) is 0.725. The van der Waals surface area contributed by atoms with Crippen LogP contribution in [-0.2, 0) is 9.59 Å². The first-order valence-electron chi connectivity index (χ1n) is 7.80. The Morgan fingerprint density at radius 1 is 1.27 bits per heavy atom. The first kappa shape index (κ1) is 16.3. The van der Waals surface area contributed by atoms with E-state index >= 15 is 0 Å². The van der Waals surface area contributed by atoms with Gasteiger partial charge in [0.15, 0.2) is 0 Å². The summed E-state index contributed by atoms with van der Waals surface area (Å²) in [6, 6.07) is 7.26. The Bertz CT molecular complexity index is 525. The van der Waals surface area contributed by atoms with Gasteiger partial charge in [-0.15, -0.1) is 0 Å². The van der Waals surface area contributed by atoms with Crippen molar-refractivity contribution < 1.29 is 14.3 Å². The van der Waals surface area contributed by atoms with Crippen LogP contribution in [0.1, 0.15) is 33.6 Å². The Kier molecular flexibility index (Phi) is 5.41. The zero-order valence-electron chi connectivity index (χ0n) is 13.4. The molecular weight excluding hydrogens is 280 g/mol. The third kappa shape index (κ3) is 5.06. The minimum atomic E-state index is -0.110. The number of carbonyl (C=O) groups is 2. The second-order valence-electron chi connectivity index (χ2n) is 6.10. The number of rotatable bonds is 7. The maximum atomic E-state index is 11.8. The SMILES string of the molecule is CC(C)Oc1ccc(NC(=O)CCNC(=O)[C@@H]2C[C@@H]2C)cc1. The minimum absolute atomic E-state index is 0.0653. The molecule has 1 aromatic carbocycles. The molecule has 1 aliphatic carbocycles. The second kappa shape index (κ2) is 7.29. The lowest BCUT2D eigenvalue weighted by molar-refractivity contribution is -0.122. The number of hydrogen-bond acceptors (Lipinski definition) is 3. The van der Waals surface area contributed by atoms with E-state index in [-0.39, 0.29) is 30.3 Å². The summed E-state index contributed by atoms with van der Waals surface area (Å²) in [5.74, 6) is 1.37. The lowest BCUT2D eigenvalue weighted by Crippen LogP contribution is -2.29. The maximum Gasteiger partial charge on any atom is 0.226 e. The van der Waals surface area contributed by atoms with Crippen LogP contribution < -0.4 is 15.4 Å². The first-order valence-corrected chi connectivity index (χ1v) is 7.80. The van der Waals surface area contributed by atoms with Gasteiger partial charge in [-0.1, -0.05) is 6.92 Å². The van der Waals surface area contributed by atoms with Crippen LogP contribution in [-0.4, -0.2) is 24.5 Å². The van der Waals surface area contributed by atoms with E-state index in [9.17, 15) is 9.59 Å².